The molecule has 1 aromatic heterocycles. The number of ether oxygens (including phenoxy) is 1. The summed E-state index contributed by atoms with van der Waals surface area (Å²) in [5.74, 6) is -0.447. The fraction of sp³-hybridized carbons (Fsp3) is 0.286. The van der Waals surface area contributed by atoms with Crippen molar-refractivity contribution in [2.75, 3.05) is 6.54 Å². The van der Waals surface area contributed by atoms with Crippen LogP contribution in [0.3, 0.4) is 0 Å². The van der Waals surface area contributed by atoms with Crippen LogP contribution in [0.5, 0.6) is 5.75 Å². The quantitative estimate of drug-likeness (QED) is 0.621. The van der Waals surface area contributed by atoms with Crippen molar-refractivity contribution in [1.29, 1.82) is 0 Å². The number of carbonyl (C=O) groups is 1. The number of aromatic amines is 1. The molecule has 0 atom stereocenters. The molecule has 0 bridgehead atoms. The minimum absolute atomic E-state index is 0.0692. The average molecular weight is 419 g/mol. The third-order valence-corrected chi connectivity index (χ3v) is 4.41. The molecular formula is C21H20F3N3O3. The van der Waals surface area contributed by atoms with Crippen molar-refractivity contribution in [2.24, 2.45) is 0 Å². The van der Waals surface area contributed by atoms with Gasteiger partial charge in [0.05, 0.1) is 17.4 Å². The number of nitrogens with zero attached hydrogens (tertiary/aromatic N) is 2. The molecule has 3 aromatic rings. The Kier molecular flexibility index (Phi) is 6.39. The van der Waals surface area contributed by atoms with Crippen molar-refractivity contribution in [3.63, 3.8) is 0 Å². The van der Waals surface area contributed by atoms with Crippen LogP contribution in [0.1, 0.15) is 35.9 Å². The summed E-state index contributed by atoms with van der Waals surface area (Å²) in [5.41, 5.74) is 0.434. The third kappa shape index (κ3) is 5.37. The lowest BCUT2D eigenvalue weighted by atomic mass is 10.1. The summed E-state index contributed by atoms with van der Waals surface area (Å²) in [6, 6.07) is 11.6. The molecule has 0 unspecified atom stereocenters. The van der Waals surface area contributed by atoms with E-state index in [0.717, 1.165) is 25.0 Å². The second-order valence-corrected chi connectivity index (χ2v) is 6.68. The zero-order valence-corrected chi connectivity index (χ0v) is 16.2. The topological polar surface area (TPSA) is 75.3 Å². The summed E-state index contributed by atoms with van der Waals surface area (Å²) in [6.07, 6.45) is -3.24. The fourth-order valence-corrected chi connectivity index (χ4v) is 2.97. The van der Waals surface area contributed by atoms with Crippen LogP contribution in [-0.4, -0.2) is 33.7 Å². The Balaban J connectivity index is 1.83. The van der Waals surface area contributed by atoms with Crippen LogP contribution in [0.4, 0.5) is 13.2 Å². The summed E-state index contributed by atoms with van der Waals surface area (Å²) in [7, 11) is 0. The van der Waals surface area contributed by atoms with Crippen molar-refractivity contribution >= 4 is 16.8 Å². The third-order valence-electron chi connectivity index (χ3n) is 4.41. The zero-order valence-electron chi connectivity index (χ0n) is 16.2. The second kappa shape index (κ2) is 8.98. The van der Waals surface area contributed by atoms with Gasteiger partial charge in [-0.25, -0.2) is 4.98 Å². The Hall–Kier alpha value is -3.36. The minimum atomic E-state index is -4.80. The molecule has 158 valence electrons. The molecule has 2 aromatic carbocycles. The number of hydrogen-bond donors (Lipinski definition) is 1. The zero-order chi connectivity index (χ0) is 21.7. The molecule has 30 heavy (non-hydrogen) atoms. The van der Waals surface area contributed by atoms with Crippen molar-refractivity contribution < 1.29 is 22.7 Å². The number of hydrogen-bond acceptors (Lipinski definition) is 4. The number of para-hydroxylation sites is 1. The number of rotatable bonds is 7. The normalized spacial score (nSPS) is 11.5. The smallest absolute Gasteiger partial charge is 0.406 e. The summed E-state index contributed by atoms with van der Waals surface area (Å²) >= 11 is 0. The first-order valence-corrected chi connectivity index (χ1v) is 9.40. The Morgan fingerprint density at radius 3 is 2.50 bits per heavy atom. The van der Waals surface area contributed by atoms with Gasteiger partial charge in [-0.1, -0.05) is 25.5 Å². The van der Waals surface area contributed by atoms with E-state index in [1.807, 2.05) is 6.92 Å². The van der Waals surface area contributed by atoms with Gasteiger partial charge in [-0.2, -0.15) is 0 Å². The molecule has 3 rings (SSSR count). The largest absolute Gasteiger partial charge is 0.573 e. The summed E-state index contributed by atoms with van der Waals surface area (Å²) < 4.78 is 40.8. The maximum Gasteiger partial charge on any atom is 0.573 e. The maximum absolute atomic E-state index is 12.9. The Labute approximate surface area is 170 Å². The predicted octanol–water partition coefficient (Wildman–Crippen LogP) is 4.26. The number of H-pyrrole nitrogens is 1. The average Bonchev–Trinajstić information content (AvgIpc) is 2.70. The van der Waals surface area contributed by atoms with Gasteiger partial charge in [-0.3, -0.25) is 9.59 Å². The highest BCUT2D eigenvalue weighted by molar-refractivity contribution is 5.94. The Morgan fingerprint density at radius 2 is 1.83 bits per heavy atom. The van der Waals surface area contributed by atoms with Gasteiger partial charge in [-0.15, -0.1) is 13.2 Å². The van der Waals surface area contributed by atoms with Crippen LogP contribution in [0.2, 0.25) is 0 Å². The molecule has 6 nitrogen and oxygen atoms in total. The molecule has 1 amide bonds. The van der Waals surface area contributed by atoms with E-state index in [0.29, 0.717) is 23.3 Å². The molecule has 1 heterocycles. The van der Waals surface area contributed by atoms with Crippen molar-refractivity contribution in [2.45, 2.75) is 32.7 Å². The lowest BCUT2D eigenvalue weighted by molar-refractivity contribution is -0.274. The van der Waals surface area contributed by atoms with E-state index in [1.54, 1.807) is 24.3 Å². The van der Waals surface area contributed by atoms with Gasteiger partial charge >= 0.3 is 6.36 Å². The highest BCUT2D eigenvalue weighted by atomic mass is 19.4. The van der Waals surface area contributed by atoms with Crippen LogP contribution >= 0.6 is 0 Å². The fourth-order valence-electron chi connectivity index (χ4n) is 2.97. The number of aromatic nitrogens is 2. The van der Waals surface area contributed by atoms with E-state index in [2.05, 4.69) is 14.7 Å². The number of benzene rings is 2. The van der Waals surface area contributed by atoms with Crippen molar-refractivity contribution in [3.8, 4) is 5.75 Å². The second-order valence-electron chi connectivity index (χ2n) is 6.68. The van der Waals surface area contributed by atoms with Gasteiger partial charge in [0.15, 0.2) is 0 Å². The van der Waals surface area contributed by atoms with E-state index in [-0.39, 0.29) is 23.6 Å². The van der Waals surface area contributed by atoms with Gasteiger partial charge in [0, 0.05) is 12.1 Å². The maximum atomic E-state index is 12.9. The first-order valence-electron chi connectivity index (χ1n) is 9.40. The molecule has 0 aliphatic carbocycles. The molecule has 0 fully saturated rings. The van der Waals surface area contributed by atoms with Gasteiger partial charge in [0.2, 0.25) is 0 Å². The van der Waals surface area contributed by atoms with E-state index in [4.69, 9.17) is 0 Å². The summed E-state index contributed by atoms with van der Waals surface area (Å²) in [4.78, 5) is 33.8. The lowest BCUT2D eigenvalue weighted by Gasteiger charge is -2.22. The van der Waals surface area contributed by atoms with Gasteiger partial charge < -0.3 is 14.6 Å². The number of unbranched alkanes of at least 4 members (excludes halogenated alkanes) is 1. The SMILES string of the molecule is CCCCN(Cc1nc2ccccc2c(=O)[nH]1)C(=O)c1ccc(OC(F)(F)F)cc1. The van der Waals surface area contributed by atoms with Crippen LogP contribution in [0.25, 0.3) is 10.9 Å². The number of carbonyl (C=O) groups excluding carboxylic acids is 1. The molecule has 0 saturated carbocycles. The van der Waals surface area contributed by atoms with Gasteiger partial charge in [0.1, 0.15) is 11.6 Å². The molecule has 0 aliphatic rings. The molecule has 0 aliphatic heterocycles. The number of nitrogens with one attached hydrogen (secondary N) is 1. The van der Waals surface area contributed by atoms with Crippen LogP contribution in [0.15, 0.2) is 53.3 Å². The summed E-state index contributed by atoms with van der Waals surface area (Å²) in [5, 5.41) is 0.452. The molecule has 0 saturated heterocycles. The highest BCUT2D eigenvalue weighted by Gasteiger charge is 2.31. The van der Waals surface area contributed by atoms with Crippen molar-refractivity contribution in [1.82, 2.24) is 14.9 Å². The number of amides is 1. The lowest BCUT2D eigenvalue weighted by Crippen LogP contribution is -2.33. The molecule has 9 heteroatoms. The van der Waals surface area contributed by atoms with Gasteiger partial charge in [0.25, 0.3) is 11.5 Å². The van der Waals surface area contributed by atoms with Crippen LogP contribution < -0.4 is 10.3 Å². The molecule has 0 radical (unpaired) electrons. The van der Waals surface area contributed by atoms with E-state index >= 15 is 0 Å². The molecular weight excluding hydrogens is 399 g/mol. The molecule has 0 spiro atoms. The molecule has 1 N–H and O–H groups in total. The highest BCUT2D eigenvalue weighted by Crippen LogP contribution is 2.23. The van der Waals surface area contributed by atoms with Crippen molar-refractivity contribution in [3.05, 3.63) is 70.3 Å². The van der Waals surface area contributed by atoms with Crippen LogP contribution in [0, 0.1) is 0 Å². The first kappa shape index (κ1) is 21.4. The van der Waals surface area contributed by atoms with E-state index in [9.17, 15) is 22.8 Å². The first-order chi connectivity index (χ1) is 14.3. The summed E-state index contributed by atoms with van der Waals surface area (Å²) in [6.45, 7) is 2.45. The minimum Gasteiger partial charge on any atom is -0.406 e. The van der Waals surface area contributed by atoms with E-state index < -0.39 is 12.1 Å². The van der Waals surface area contributed by atoms with Gasteiger partial charge in [-0.05, 0) is 42.8 Å². The number of halogens is 3. The number of fused-ring (bicyclic) bond motifs is 1. The van der Waals surface area contributed by atoms with E-state index in [1.165, 1.54) is 17.0 Å². The Bertz CT molecular complexity index is 1080. The predicted molar refractivity (Wildman–Crippen MR) is 105 cm³/mol. The Morgan fingerprint density at radius 1 is 1.13 bits per heavy atom. The standard InChI is InChI=1S/C21H20F3N3O3/c1-2-3-12-27(13-18-25-17-7-5-4-6-16(17)19(28)26-18)20(29)14-8-10-15(11-9-14)30-21(22,23)24/h4-11H,2-3,12-13H2,1H3,(H,25,26,28). The number of alkyl halides is 3. The monoisotopic (exact) mass is 419 g/mol. The van der Waals surface area contributed by atoms with Crippen LogP contribution in [-0.2, 0) is 6.54 Å².